The van der Waals surface area contributed by atoms with Gasteiger partial charge < -0.3 is 0 Å². The summed E-state index contributed by atoms with van der Waals surface area (Å²) in [4.78, 5) is 22.9. The molecule has 0 aromatic heterocycles. The molecule has 1 rings (SSSR count). The molecule has 0 spiro atoms. The topological polar surface area (TPSA) is 34.1 Å². The molecule has 2 nitrogen and oxygen atoms in total. The fraction of sp³-hybridized carbons (Fsp3) is 0.333. The van der Waals surface area contributed by atoms with E-state index in [9.17, 15) is 9.59 Å². The molecular weight excluding hydrogens is 338 g/mol. The van der Waals surface area contributed by atoms with Crippen molar-refractivity contribution in [2.75, 3.05) is 0 Å². The van der Waals surface area contributed by atoms with Crippen molar-refractivity contribution in [2.24, 2.45) is 0 Å². The average molecular weight is 351 g/mol. The van der Waals surface area contributed by atoms with Crippen LogP contribution in [-0.2, 0) is 0 Å². The van der Waals surface area contributed by atoms with Gasteiger partial charge in [-0.3, -0.25) is 9.59 Å². The van der Waals surface area contributed by atoms with Gasteiger partial charge in [-0.2, -0.15) is 0 Å². The highest BCUT2D eigenvalue weighted by Gasteiger charge is 2.21. The number of halogens is 2. The molecule has 0 atom stereocenters. The van der Waals surface area contributed by atoms with Gasteiger partial charge in [0.2, 0.25) is 0 Å². The van der Waals surface area contributed by atoms with Gasteiger partial charge >= 0.3 is 0 Å². The zero-order valence-electron chi connectivity index (χ0n) is 9.57. The van der Waals surface area contributed by atoms with Gasteiger partial charge in [0.05, 0.1) is 0 Å². The average Bonchev–Trinajstić information content (AvgIpc) is 2.13. The molecule has 0 heterocycles. The molecule has 0 saturated heterocycles. The van der Waals surface area contributed by atoms with Gasteiger partial charge in [0, 0.05) is 14.7 Å². The third-order valence-corrected chi connectivity index (χ3v) is 4.32. The Hall–Kier alpha value is -0.420. The van der Waals surface area contributed by atoms with E-state index in [0.29, 0.717) is 16.7 Å². The maximum absolute atomic E-state index is 11.6. The molecule has 0 amide bonds. The minimum absolute atomic E-state index is 0.0378. The third-order valence-electron chi connectivity index (χ3n) is 2.78. The lowest BCUT2D eigenvalue weighted by atomic mass is 9.92. The summed E-state index contributed by atoms with van der Waals surface area (Å²) < 4.78 is 0.904. The molecule has 1 aromatic rings. The van der Waals surface area contributed by atoms with Crippen molar-refractivity contribution >= 4 is 45.2 Å². The molecule has 0 aliphatic heterocycles. The highest BCUT2D eigenvalue weighted by molar-refractivity contribution is 14.1. The van der Waals surface area contributed by atoms with E-state index in [1.54, 1.807) is 6.92 Å². The third kappa shape index (κ3) is 2.15. The lowest BCUT2D eigenvalue weighted by Gasteiger charge is -2.15. The Kier molecular flexibility index (Phi) is 4.12. The van der Waals surface area contributed by atoms with E-state index in [-0.39, 0.29) is 5.78 Å². The molecule has 0 radical (unpaired) electrons. The fourth-order valence-electron chi connectivity index (χ4n) is 1.82. The molecular formula is C12H12ClIO2. The Balaban J connectivity index is 3.80. The Bertz CT molecular complexity index is 451. The second-order valence-electron chi connectivity index (χ2n) is 3.77. The first-order valence-electron chi connectivity index (χ1n) is 4.79. The first-order valence-corrected chi connectivity index (χ1v) is 6.24. The standard InChI is InChI=1S/C12H12ClIO2/c1-5-6(2)11(14)10(8(4)15)7(3)9(5)12(13)16/h1-4H3. The largest absolute Gasteiger partial charge is 0.294 e. The zero-order chi connectivity index (χ0) is 12.6. The normalized spacial score (nSPS) is 10.4. The predicted octanol–water partition coefficient (Wildman–Crippen LogP) is 3.80. The number of benzene rings is 1. The molecule has 16 heavy (non-hydrogen) atoms. The smallest absolute Gasteiger partial charge is 0.252 e. The van der Waals surface area contributed by atoms with Gasteiger partial charge in [0.15, 0.2) is 5.78 Å². The maximum atomic E-state index is 11.6. The monoisotopic (exact) mass is 350 g/mol. The summed E-state index contributed by atoms with van der Waals surface area (Å²) in [6.45, 7) is 7.01. The summed E-state index contributed by atoms with van der Waals surface area (Å²) in [5, 5.41) is -0.503. The van der Waals surface area contributed by atoms with E-state index in [1.165, 1.54) is 6.92 Å². The first kappa shape index (κ1) is 13.6. The number of rotatable bonds is 2. The Morgan fingerprint density at radius 3 is 1.88 bits per heavy atom. The molecule has 4 heteroatoms. The van der Waals surface area contributed by atoms with Crippen molar-refractivity contribution < 1.29 is 9.59 Å². The highest BCUT2D eigenvalue weighted by Crippen LogP contribution is 2.29. The zero-order valence-corrected chi connectivity index (χ0v) is 12.5. The van der Waals surface area contributed by atoms with Crippen LogP contribution in [0.15, 0.2) is 0 Å². The van der Waals surface area contributed by atoms with Crippen LogP contribution < -0.4 is 0 Å². The van der Waals surface area contributed by atoms with Crippen molar-refractivity contribution in [3.63, 3.8) is 0 Å². The van der Waals surface area contributed by atoms with E-state index < -0.39 is 5.24 Å². The van der Waals surface area contributed by atoms with Crippen LogP contribution in [0.2, 0.25) is 0 Å². The second-order valence-corrected chi connectivity index (χ2v) is 5.19. The SMILES string of the molecule is CC(=O)c1c(C)c(C(=O)Cl)c(C)c(C)c1I. The minimum atomic E-state index is -0.503. The highest BCUT2D eigenvalue weighted by atomic mass is 127. The second kappa shape index (κ2) is 4.84. The number of Topliss-reactive ketones (excluding diaryl/α,β-unsaturated/α-hetero) is 1. The number of carbonyl (C=O) groups is 2. The van der Waals surface area contributed by atoms with Gasteiger partial charge in [-0.15, -0.1) is 0 Å². The Morgan fingerprint density at radius 1 is 1.00 bits per heavy atom. The molecule has 0 aliphatic rings. The summed E-state index contributed by atoms with van der Waals surface area (Å²) in [5.74, 6) is -0.0378. The summed E-state index contributed by atoms with van der Waals surface area (Å²) in [6.07, 6.45) is 0. The number of ketones is 1. The van der Waals surface area contributed by atoms with Crippen molar-refractivity contribution in [3.05, 3.63) is 31.4 Å². The van der Waals surface area contributed by atoms with Gasteiger partial charge in [-0.1, -0.05) is 0 Å². The fourth-order valence-corrected chi connectivity index (χ4v) is 3.30. The molecule has 0 saturated carbocycles. The van der Waals surface area contributed by atoms with Gasteiger partial charge in [0.25, 0.3) is 5.24 Å². The lowest BCUT2D eigenvalue weighted by molar-refractivity contribution is 0.101. The van der Waals surface area contributed by atoms with Crippen LogP contribution >= 0.6 is 34.2 Å². The first-order chi connectivity index (χ1) is 7.29. The maximum Gasteiger partial charge on any atom is 0.252 e. The van der Waals surface area contributed by atoms with Crippen molar-refractivity contribution in [1.82, 2.24) is 0 Å². The van der Waals surface area contributed by atoms with Gasteiger partial charge in [-0.05, 0) is 78.6 Å². The van der Waals surface area contributed by atoms with Crippen molar-refractivity contribution in [3.8, 4) is 0 Å². The molecule has 0 N–H and O–H groups in total. The number of hydrogen-bond acceptors (Lipinski definition) is 2. The Morgan fingerprint density at radius 2 is 1.50 bits per heavy atom. The van der Waals surface area contributed by atoms with Crippen LogP contribution in [-0.4, -0.2) is 11.0 Å². The summed E-state index contributed by atoms with van der Waals surface area (Å²) in [5.41, 5.74) is 3.55. The van der Waals surface area contributed by atoms with Crippen LogP contribution in [0, 0.1) is 24.3 Å². The number of hydrogen-bond donors (Lipinski definition) is 0. The molecule has 0 aliphatic carbocycles. The van der Waals surface area contributed by atoms with Crippen LogP contribution in [0.1, 0.15) is 44.3 Å². The van der Waals surface area contributed by atoms with E-state index in [0.717, 1.165) is 14.7 Å². The van der Waals surface area contributed by atoms with E-state index >= 15 is 0 Å². The quantitative estimate of drug-likeness (QED) is 0.462. The van der Waals surface area contributed by atoms with Gasteiger partial charge in [0.1, 0.15) is 0 Å². The van der Waals surface area contributed by atoms with Gasteiger partial charge in [-0.25, -0.2) is 0 Å². The summed E-state index contributed by atoms with van der Waals surface area (Å²) in [6, 6.07) is 0. The van der Waals surface area contributed by atoms with Crippen LogP contribution in [0.25, 0.3) is 0 Å². The van der Waals surface area contributed by atoms with Crippen molar-refractivity contribution in [2.45, 2.75) is 27.7 Å². The van der Waals surface area contributed by atoms with E-state index in [4.69, 9.17) is 11.6 Å². The van der Waals surface area contributed by atoms with Crippen LogP contribution in [0.5, 0.6) is 0 Å². The summed E-state index contributed by atoms with van der Waals surface area (Å²) in [7, 11) is 0. The molecule has 1 aromatic carbocycles. The lowest BCUT2D eigenvalue weighted by Crippen LogP contribution is -2.10. The molecule has 0 bridgehead atoms. The van der Waals surface area contributed by atoms with E-state index in [1.807, 2.05) is 13.8 Å². The number of carbonyl (C=O) groups excluding carboxylic acids is 2. The van der Waals surface area contributed by atoms with E-state index in [2.05, 4.69) is 22.6 Å². The molecule has 86 valence electrons. The molecule has 0 unspecified atom stereocenters. The molecule has 0 fully saturated rings. The van der Waals surface area contributed by atoms with Crippen LogP contribution in [0.4, 0.5) is 0 Å². The predicted molar refractivity (Wildman–Crippen MR) is 73.6 cm³/mol. The minimum Gasteiger partial charge on any atom is -0.294 e. The Labute approximate surface area is 114 Å². The summed E-state index contributed by atoms with van der Waals surface area (Å²) >= 11 is 7.70. The van der Waals surface area contributed by atoms with Crippen LogP contribution in [0.3, 0.4) is 0 Å². The van der Waals surface area contributed by atoms with Crippen molar-refractivity contribution in [1.29, 1.82) is 0 Å².